The maximum Gasteiger partial charge on any atom is 0.242 e. The minimum absolute atomic E-state index is 0.0521. The molecule has 2 N–H and O–H groups in total. The normalized spacial score (nSPS) is 20.1. The van der Waals surface area contributed by atoms with Gasteiger partial charge in [0.15, 0.2) is 0 Å². The fourth-order valence-corrected chi connectivity index (χ4v) is 3.93. The van der Waals surface area contributed by atoms with Gasteiger partial charge in [-0.05, 0) is 36.6 Å². The summed E-state index contributed by atoms with van der Waals surface area (Å²) in [7, 11) is -3.55. The lowest BCUT2D eigenvalue weighted by atomic mass is 10.0. The maximum atomic E-state index is 12.4. The Morgan fingerprint density at radius 3 is 2.74 bits per heavy atom. The number of nitrogens with one attached hydrogen (secondary N) is 2. The second kappa shape index (κ2) is 5.79. The molecular weight excluding hydrogens is 284 g/mol. The summed E-state index contributed by atoms with van der Waals surface area (Å²) < 4.78 is 27.4. The van der Waals surface area contributed by atoms with Gasteiger partial charge in [0.05, 0.1) is 5.02 Å². The average molecular weight is 303 g/mol. The summed E-state index contributed by atoms with van der Waals surface area (Å²) in [5.41, 5.74) is 0.967. The zero-order chi connectivity index (χ0) is 14.0. The topological polar surface area (TPSA) is 58.2 Å². The van der Waals surface area contributed by atoms with Gasteiger partial charge >= 0.3 is 0 Å². The van der Waals surface area contributed by atoms with Crippen LogP contribution in [0.2, 0.25) is 5.02 Å². The molecule has 4 nitrogen and oxygen atoms in total. The summed E-state index contributed by atoms with van der Waals surface area (Å²) in [6, 6.07) is 5.13. The van der Waals surface area contributed by atoms with E-state index in [2.05, 4.69) is 10.0 Å². The SMILES string of the molecule is CC(C)c1ccc(Cl)c(S(=O)(=O)NC2CCNC2)c1. The summed E-state index contributed by atoms with van der Waals surface area (Å²) in [4.78, 5) is 0.173. The standard InChI is InChI=1S/C13H19ClN2O2S/c1-9(2)10-3-4-12(14)13(7-10)19(17,18)16-11-5-6-15-8-11/h3-4,7,9,11,15-16H,5-6,8H2,1-2H3. The number of hydrogen-bond acceptors (Lipinski definition) is 3. The molecule has 1 aromatic rings. The van der Waals surface area contributed by atoms with Crippen molar-refractivity contribution >= 4 is 21.6 Å². The van der Waals surface area contributed by atoms with Gasteiger partial charge in [0.25, 0.3) is 0 Å². The highest BCUT2D eigenvalue weighted by atomic mass is 35.5. The molecule has 0 bridgehead atoms. The van der Waals surface area contributed by atoms with E-state index in [-0.39, 0.29) is 21.9 Å². The number of hydrogen-bond donors (Lipinski definition) is 2. The van der Waals surface area contributed by atoms with Gasteiger partial charge in [-0.2, -0.15) is 0 Å². The highest BCUT2D eigenvalue weighted by Crippen LogP contribution is 2.26. The Balaban J connectivity index is 2.30. The van der Waals surface area contributed by atoms with Crippen LogP contribution in [-0.4, -0.2) is 27.5 Å². The van der Waals surface area contributed by atoms with Gasteiger partial charge in [-0.1, -0.05) is 31.5 Å². The molecule has 1 heterocycles. The molecule has 1 saturated heterocycles. The molecule has 6 heteroatoms. The summed E-state index contributed by atoms with van der Waals surface area (Å²) in [6.45, 7) is 5.55. The molecule has 0 radical (unpaired) electrons. The summed E-state index contributed by atoms with van der Waals surface area (Å²) >= 11 is 6.04. The van der Waals surface area contributed by atoms with Crippen molar-refractivity contribution in [2.45, 2.75) is 37.1 Å². The molecule has 1 unspecified atom stereocenters. The monoisotopic (exact) mass is 302 g/mol. The molecule has 1 atom stereocenters. The van der Waals surface area contributed by atoms with E-state index in [1.807, 2.05) is 19.9 Å². The van der Waals surface area contributed by atoms with Crippen LogP contribution in [0.15, 0.2) is 23.1 Å². The minimum atomic E-state index is -3.55. The molecule has 106 valence electrons. The van der Waals surface area contributed by atoms with Crippen LogP contribution >= 0.6 is 11.6 Å². The van der Waals surface area contributed by atoms with Gasteiger partial charge in [0.1, 0.15) is 4.90 Å². The van der Waals surface area contributed by atoms with Crippen LogP contribution in [0.1, 0.15) is 31.7 Å². The van der Waals surface area contributed by atoms with E-state index in [9.17, 15) is 8.42 Å². The van der Waals surface area contributed by atoms with E-state index in [1.54, 1.807) is 12.1 Å². The van der Waals surface area contributed by atoms with Crippen LogP contribution in [0.25, 0.3) is 0 Å². The lowest BCUT2D eigenvalue weighted by Gasteiger charge is -2.15. The predicted molar refractivity (Wildman–Crippen MR) is 77.1 cm³/mol. The molecule has 1 aliphatic heterocycles. The van der Waals surface area contributed by atoms with Crippen molar-refractivity contribution in [2.24, 2.45) is 0 Å². The highest BCUT2D eigenvalue weighted by Gasteiger charge is 2.25. The Labute approximate surface area is 119 Å². The fraction of sp³-hybridized carbons (Fsp3) is 0.538. The number of sulfonamides is 1. The first-order valence-corrected chi connectivity index (χ1v) is 8.29. The first-order valence-electron chi connectivity index (χ1n) is 6.42. The maximum absolute atomic E-state index is 12.4. The van der Waals surface area contributed by atoms with Crippen LogP contribution in [-0.2, 0) is 10.0 Å². The van der Waals surface area contributed by atoms with Crippen LogP contribution < -0.4 is 10.0 Å². The lowest BCUT2D eigenvalue weighted by molar-refractivity contribution is 0.560. The molecule has 1 aromatic carbocycles. The molecule has 0 saturated carbocycles. The summed E-state index contributed by atoms with van der Waals surface area (Å²) in [6.07, 6.45) is 0.806. The quantitative estimate of drug-likeness (QED) is 0.895. The molecule has 0 spiro atoms. The number of benzene rings is 1. The third-order valence-corrected chi connectivity index (χ3v) is 5.30. The predicted octanol–water partition coefficient (Wildman–Crippen LogP) is 2.10. The Morgan fingerprint density at radius 1 is 1.42 bits per heavy atom. The van der Waals surface area contributed by atoms with E-state index < -0.39 is 10.0 Å². The smallest absolute Gasteiger partial charge is 0.242 e. The third kappa shape index (κ3) is 3.48. The molecular formula is C13H19ClN2O2S. The second-order valence-electron chi connectivity index (χ2n) is 5.16. The van der Waals surface area contributed by atoms with Crippen molar-refractivity contribution in [1.82, 2.24) is 10.0 Å². The summed E-state index contributed by atoms with van der Waals surface area (Å²) in [5.74, 6) is 0.263. The number of halogens is 1. The van der Waals surface area contributed by atoms with Crippen molar-refractivity contribution in [3.05, 3.63) is 28.8 Å². The van der Waals surface area contributed by atoms with Gasteiger partial charge < -0.3 is 5.32 Å². The van der Waals surface area contributed by atoms with Gasteiger partial charge in [-0.25, -0.2) is 13.1 Å². The first kappa shape index (κ1) is 14.8. The van der Waals surface area contributed by atoms with Gasteiger partial charge in [0, 0.05) is 12.6 Å². The van der Waals surface area contributed by atoms with Crippen molar-refractivity contribution in [3.63, 3.8) is 0 Å². The van der Waals surface area contributed by atoms with Crippen LogP contribution in [0.3, 0.4) is 0 Å². The molecule has 1 fully saturated rings. The van der Waals surface area contributed by atoms with E-state index in [0.29, 0.717) is 6.54 Å². The van der Waals surface area contributed by atoms with Crippen molar-refractivity contribution in [1.29, 1.82) is 0 Å². The van der Waals surface area contributed by atoms with Crippen molar-refractivity contribution < 1.29 is 8.42 Å². The second-order valence-corrected chi connectivity index (χ2v) is 7.25. The Morgan fingerprint density at radius 2 is 2.16 bits per heavy atom. The zero-order valence-electron chi connectivity index (χ0n) is 11.1. The largest absolute Gasteiger partial charge is 0.315 e. The van der Waals surface area contributed by atoms with E-state index in [0.717, 1.165) is 18.5 Å². The Hall–Kier alpha value is -0.620. The zero-order valence-corrected chi connectivity index (χ0v) is 12.7. The van der Waals surface area contributed by atoms with Crippen molar-refractivity contribution in [2.75, 3.05) is 13.1 Å². The summed E-state index contributed by atoms with van der Waals surface area (Å²) in [5, 5.41) is 3.40. The van der Waals surface area contributed by atoms with Crippen LogP contribution in [0, 0.1) is 0 Å². The van der Waals surface area contributed by atoms with Crippen LogP contribution in [0.5, 0.6) is 0 Å². The third-order valence-electron chi connectivity index (χ3n) is 3.29. The Bertz CT molecular complexity index is 552. The minimum Gasteiger partial charge on any atom is -0.315 e. The average Bonchev–Trinajstić information content (AvgIpc) is 2.81. The van der Waals surface area contributed by atoms with Gasteiger partial charge in [-0.15, -0.1) is 0 Å². The molecule has 0 amide bonds. The van der Waals surface area contributed by atoms with Gasteiger partial charge in [0.2, 0.25) is 10.0 Å². The highest BCUT2D eigenvalue weighted by molar-refractivity contribution is 7.89. The van der Waals surface area contributed by atoms with Gasteiger partial charge in [-0.3, -0.25) is 0 Å². The van der Waals surface area contributed by atoms with E-state index in [1.165, 1.54) is 0 Å². The Kier molecular flexibility index (Phi) is 4.50. The number of rotatable bonds is 4. The molecule has 1 aliphatic rings. The molecule has 0 aromatic heterocycles. The lowest BCUT2D eigenvalue weighted by Crippen LogP contribution is -2.36. The molecule has 0 aliphatic carbocycles. The fourth-order valence-electron chi connectivity index (χ4n) is 2.12. The van der Waals surface area contributed by atoms with E-state index in [4.69, 9.17) is 11.6 Å². The molecule has 2 rings (SSSR count). The van der Waals surface area contributed by atoms with Crippen molar-refractivity contribution in [3.8, 4) is 0 Å². The van der Waals surface area contributed by atoms with Crippen LogP contribution in [0.4, 0.5) is 0 Å². The van der Waals surface area contributed by atoms with E-state index >= 15 is 0 Å². The first-order chi connectivity index (χ1) is 8.90. The molecule has 19 heavy (non-hydrogen) atoms.